The van der Waals surface area contributed by atoms with E-state index in [1.165, 1.54) is 0 Å². The zero-order valence-corrected chi connectivity index (χ0v) is 15.8. The van der Waals surface area contributed by atoms with Gasteiger partial charge in [0.2, 0.25) is 0 Å². The molecule has 0 radical (unpaired) electrons. The number of hydrazine groups is 1. The van der Waals surface area contributed by atoms with Crippen molar-refractivity contribution in [2.45, 2.75) is 32.7 Å². The first kappa shape index (κ1) is 18.8. The molecule has 0 atom stereocenters. The summed E-state index contributed by atoms with van der Waals surface area (Å²) in [5.41, 5.74) is 11.1. The number of carbonyl (C=O) groups is 1. The number of aromatic carboxylic acids is 1. The summed E-state index contributed by atoms with van der Waals surface area (Å²) in [5.74, 6) is 5.53. The van der Waals surface area contributed by atoms with Crippen molar-refractivity contribution in [3.63, 3.8) is 0 Å². The van der Waals surface area contributed by atoms with Gasteiger partial charge in [0.1, 0.15) is 11.4 Å². The van der Waals surface area contributed by atoms with Crippen LogP contribution in [0.4, 0.5) is 0 Å². The van der Waals surface area contributed by atoms with Crippen LogP contribution >= 0.6 is 0 Å². The highest BCUT2D eigenvalue weighted by Gasteiger charge is 2.27. The Morgan fingerprint density at radius 3 is 2.74 bits per heavy atom. The van der Waals surface area contributed by atoms with Gasteiger partial charge in [-0.15, -0.1) is 5.10 Å². The average molecular weight is 371 g/mol. The number of carboxylic acids is 1. The fourth-order valence-electron chi connectivity index (χ4n) is 3.67. The van der Waals surface area contributed by atoms with Crippen molar-refractivity contribution in [2.75, 3.05) is 14.2 Å². The van der Waals surface area contributed by atoms with Crippen molar-refractivity contribution < 1.29 is 14.6 Å². The first-order chi connectivity index (χ1) is 12.9. The molecule has 5 N–H and O–H groups in total. The predicted molar refractivity (Wildman–Crippen MR) is 104 cm³/mol. The maximum Gasteiger partial charge on any atom is 0.352 e. The minimum atomic E-state index is -0.915. The highest BCUT2D eigenvalue weighted by Crippen LogP contribution is 2.38. The molecule has 0 spiro atoms. The summed E-state index contributed by atoms with van der Waals surface area (Å²) < 4.78 is 7.39. The number of fused-ring (bicyclic) bond motifs is 3. The Bertz CT molecular complexity index is 915. The summed E-state index contributed by atoms with van der Waals surface area (Å²) in [5, 5.41) is 14.8. The molecule has 144 valence electrons. The van der Waals surface area contributed by atoms with Gasteiger partial charge < -0.3 is 20.1 Å². The van der Waals surface area contributed by atoms with E-state index in [1.807, 2.05) is 16.7 Å². The summed E-state index contributed by atoms with van der Waals surface area (Å²) in [7, 11) is 3.17. The molecule has 8 heteroatoms. The Labute approximate surface area is 158 Å². The molecule has 2 aromatic rings. The number of ether oxygens (including phenoxy) is 1. The highest BCUT2D eigenvalue weighted by atomic mass is 16.5. The minimum Gasteiger partial charge on any atom is -0.496 e. The van der Waals surface area contributed by atoms with E-state index in [4.69, 9.17) is 16.3 Å². The first-order valence-corrected chi connectivity index (χ1v) is 8.87. The fraction of sp³-hybridized carbons (Fsp3) is 0.368. The van der Waals surface area contributed by atoms with Crippen LogP contribution in [-0.2, 0) is 19.4 Å². The fourth-order valence-corrected chi connectivity index (χ4v) is 3.67. The molecule has 2 heterocycles. The highest BCUT2D eigenvalue weighted by molar-refractivity contribution is 6.01. The van der Waals surface area contributed by atoms with Crippen molar-refractivity contribution in [1.29, 1.82) is 0 Å². The van der Waals surface area contributed by atoms with E-state index in [2.05, 4.69) is 12.0 Å². The molecule has 1 aromatic carbocycles. The first-order valence-electron chi connectivity index (χ1n) is 8.87. The van der Waals surface area contributed by atoms with Crippen molar-refractivity contribution >= 4 is 11.8 Å². The Morgan fingerprint density at radius 2 is 2.15 bits per heavy atom. The Hall–Kier alpha value is -3.00. The molecule has 1 aliphatic heterocycles. The third-order valence-electron chi connectivity index (χ3n) is 4.74. The number of aryl methyl sites for hydroxylation is 2. The lowest BCUT2D eigenvalue weighted by Gasteiger charge is -2.24. The largest absolute Gasteiger partial charge is 0.496 e. The van der Waals surface area contributed by atoms with Crippen LogP contribution in [0.1, 0.15) is 40.5 Å². The summed E-state index contributed by atoms with van der Waals surface area (Å²) in [6.07, 6.45) is 2.45. The maximum atomic E-state index is 11.7. The van der Waals surface area contributed by atoms with Gasteiger partial charge in [0.05, 0.1) is 18.4 Å². The second-order valence-electron chi connectivity index (χ2n) is 6.63. The SMILES string of the molecule is CCCc1cc(C(=O)O)n2c1-c1cc(/C(N)=N/N(C)N)c(OC)cc1CC2. The van der Waals surface area contributed by atoms with Gasteiger partial charge in [-0.25, -0.2) is 15.8 Å². The van der Waals surface area contributed by atoms with Crippen LogP contribution < -0.4 is 16.3 Å². The van der Waals surface area contributed by atoms with Crippen molar-refractivity contribution in [2.24, 2.45) is 16.7 Å². The second-order valence-corrected chi connectivity index (χ2v) is 6.63. The Kier molecular flexibility index (Phi) is 5.09. The maximum absolute atomic E-state index is 11.7. The molecule has 0 bridgehead atoms. The standard InChI is InChI=1S/C19H25N5O3/c1-4-5-12-8-15(19(25)26)24-7-6-11-9-16(27-3)14(10-13(11)17(12)24)18(20)22-23(2)21/h8-10H,4-7,21H2,1-3H3,(H2,20,22)(H,25,26). The molecule has 0 aliphatic carbocycles. The van der Waals surface area contributed by atoms with Crippen molar-refractivity contribution in [3.8, 4) is 17.0 Å². The smallest absolute Gasteiger partial charge is 0.352 e. The molecule has 8 nitrogen and oxygen atoms in total. The number of amidine groups is 1. The van der Waals surface area contributed by atoms with Crippen LogP contribution in [0, 0.1) is 0 Å². The van der Waals surface area contributed by atoms with Crippen LogP contribution in [0.3, 0.4) is 0 Å². The van der Waals surface area contributed by atoms with Gasteiger partial charge in [0.25, 0.3) is 0 Å². The number of nitrogens with zero attached hydrogens (tertiary/aromatic N) is 3. The van der Waals surface area contributed by atoms with Crippen molar-refractivity contribution in [3.05, 3.63) is 40.6 Å². The lowest BCUT2D eigenvalue weighted by molar-refractivity contribution is 0.0685. The molecular weight excluding hydrogens is 346 g/mol. The lowest BCUT2D eigenvalue weighted by Crippen LogP contribution is -2.26. The second kappa shape index (κ2) is 7.32. The monoisotopic (exact) mass is 371 g/mol. The summed E-state index contributed by atoms with van der Waals surface area (Å²) in [6.45, 7) is 2.70. The van der Waals surface area contributed by atoms with Gasteiger partial charge in [-0.05, 0) is 42.2 Å². The van der Waals surface area contributed by atoms with Gasteiger partial charge in [-0.2, -0.15) is 0 Å². The van der Waals surface area contributed by atoms with E-state index in [0.717, 1.165) is 40.3 Å². The number of hydrogen-bond acceptors (Lipinski definition) is 5. The van der Waals surface area contributed by atoms with Crippen LogP contribution in [0.2, 0.25) is 0 Å². The number of benzene rings is 1. The molecule has 0 unspecified atom stereocenters. The average Bonchev–Trinajstić information content (AvgIpc) is 2.99. The Morgan fingerprint density at radius 1 is 1.41 bits per heavy atom. The summed E-state index contributed by atoms with van der Waals surface area (Å²) in [4.78, 5) is 11.7. The van der Waals surface area contributed by atoms with Gasteiger partial charge in [0.15, 0.2) is 5.84 Å². The normalized spacial score (nSPS) is 13.1. The van der Waals surface area contributed by atoms with E-state index in [1.54, 1.807) is 20.2 Å². The zero-order chi connectivity index (χ0) is 19.7. The molecule has 1 aromatic heterocycles. The topological polar surface area (TPSA) is 119 Å². The molecule has 0 saturated carbocycles. The number of hydrazone groups is 1. The van der Waals surface area contributed by atoms with Gasteiger partial charge >= 0.3 is 5.97 Å². The van der Waals surface area contributed by atoms with Gasteiger partial charge in [0, 0.05) is 19.2 Å². The number of hydrogen-bond donors (Lipinski definition) is 3. The molecule has 3 rings (SSSR count). The number of methoxy groups -OCH3 is 1. The summed E-state index contributed by atoms with van der Waals surface area (Å²) >= 11 is 0. The van der Waals surface area contributed by atoms with E-state index < -0.39 is 5.97 Å². The molecule has 0 fully saturated rings. The molecular formula is C19H25N5O3. The van der Waals surface area contributed by atoms with Crippen LogP contribution in [0.5, 0.6) is 5.75 Å². The van der Waals surface area contributed by atoms with Crippen LogP contribution in [-0.4, -0.2) is 40.8 Å². The predicted octanol–water partition coefficient (Wildman–Crippen LogP) is 1.80. The van der Waals surface area contributed by atoms with Gasteiger partial charge in [-0.1, -0.05) is 13.3 Å². The number of carboxylic acid groups (broad SMARTS) is 1. The molecule has 0 amide bonds. The van der Waals surface area contributed by atoms with Crippen molar-refractivity contribution in [1.82, 2.24) is 9.69 Å². The molecule has 1 aliphatic rings. The van der Waals surface area contributed by atoms with Gasteiger partial charge in [-0.3, -0.25) is 0 Å². The van der Waals surface area contributed by atoms with E-state index in [-0.39, 0.29) is 5.84 Å². The van der Waals surface area contributed by atoms with E-state index >= 15 is 0 Å². The molecule has 0 saturated heterocycles. The van der Waals surface area contributed by atoms with E-state index in [9.17, 15) is 9.90 Å². The Balaban J connectivity index is 2.25. The molecule has 27 heavy (non-hydrogen) atoms. The quantitative estimate of drug-likeness (QED) is 0.308. The minimum absolute atomic E-state index is 0.235. The van der Waals surface area contributed by atoms with Crippen LogP contribution in [0.15, 0.2) is 23.3 Å². The number of rotatable bonds is 6. The lowest BCUT2D eigenvalue weighted by atomic mass is 9.92. The third kappa shape index (κ3) is 3.35. The van der Waals surface area contributed by atoms with Crippen LogP contribution in [0.25, 0.3) is 11.3 Å². The number of aromatic nitrogens is 1. The third-order valence-corrected chi connectivity index (χ3v) is 4.74. The van der Waals surface area contributed by atoms with E-state index in [0.29, 0.717) is 30.0 Å². The summed E-state index contributed by atoms with van der Waals surface area (Å²) in [6, 6.07) is 5.66. The zero-order valence-electron chi connectivity index (χ0n) is 15.8. The number of nitrogens with two attached hydrogens (primary N) is 2.